The Labute approximate surface area is 73.0 Å². The number of carbonyl (C=O) groups excluding carboxylic acids is 2. The van der Waals surface area contributed by atoms with Gasteiger partial charge in [-0.25, -0.2) is 4.79 Å². The molecule has 0 aliphatic carbocycles. The normalized spacial score (nSPS) is 12.4. The lowest BCUT2D eigenvalue weighted by atomic mass is 10.0. The van der Waals surface area contributed by atoms with E-state index < -0.39 is 0 Å². The highest BCUT2D eigenvalue weighted by Gasteiger charge is 1.97. The molecule has 0 aromatic carbocycles. The Morgan fingerprint density at radius 3 is 2.75 bits per heavy atom. The van der Waals surface area contributed by atoms with Crippen molar-refractivity contribution in [2.75, 3.05) is 0 Å². The van der Waals surface area contributed by atoms with Crippen LogP contribution in [0.3, 0.4) is 0 Å². The van der Waals surface area contributed by atoms with E-state index >= 15 is 0 Å². The van der Waals surface area contributed by atoms with E-state index in [0.29, 0.717) is 12.3 Å². The van der Waals surface area contributed by atoms with Crippen molar-refractivity contribution in [3.63, 3.8) is 0 Å². The molecule has 0 heterocycles. The van der Waals surface area contributed by atoms with Crippen molar-refractivity contribution < 1.29 is 9.59 Å². The minimum Gasteiger partial charge on any atom is -0.303 e. The Balaban J connectivity index is 3.80. The molecule has 0 N–H and O–H groups in total. The van der Waals surface area contributed by atoms with E-state index in [1.54, 1.807) is 5.94 Å². The summed E-state index contributed by atoms with van der Waals surface area (Å²) in [5, 5.41) is 0. The molecule has 0 spiro atoms. The average molecular weight is 166 g/mol. The van der Waals surface area contributed by atoms with Crippen LogP contribution in [0.5, 0.6) is 0 Å². The lowest BCUT2D eigenvalue weighted by molar-refractivity contribution is -0.107. The minimum atomic E-state index is 0.367. The van der Waals surface area contributed by atoms with E-state index in [0.717, 1.165) is 19.1 Å². The Hall–Kier alpha value is -1.14. The molecular weight excluding hydrogens is 152 g/mol. The number of carbonyl (C=O) groups is 1. The van der Waals surface area contributed by atoms with Crippen molar-refractivity contribution in [2.24, 2.45) is 5.92 Å². The summed E-state index contributed by atoms with van der Waals surface area (Å²) in [5.41, 5.74) is 0. The van der Waals surface area contributed by atoms with Gasteiger partial charge in [0.15, 0.2) is 0 Å². The molecule has 0 radical (unpaired) electrons. The molecular formula is C10H14O2. The zero-order chi connectivity index (χ0) is 9.23. The molecule has 2 heteroatoms. The summed E-state index contributed by atoms with van der Waals surface area (Å²) in [4.78, 5) is 19.9. The van der Waals surface area contributed by atoms with Gasteiger partial charge in [-0.05, 0) is 18.8 Å². The van der Waals surface area contributed by atoms with E-state index in [1.165, 1.54) is 6.08 Å². The third-order valence-electron chi connectivity index (χ3n) is 1.67. The first-order valence-electron chi connectivity index (χ1n) is 4.14. The van der Waals surface area contributed by atoms with Gasteiger partial charge in [0.1, 0.15) is 12.2 Å². The maximum atomic E-state index is 9.97. The number of hydrogen-bond donors (Lipinski definition) is 0. The molecule has 0 aromatic rings. The summed E-state index contributed by atoms with van der Waals surface area (Å²) >= 11 is 0. The zero-order valence-corrected chi connectivity index (χ0v) is 7.32. The van der Waals surface area contributed by atoms with E-state index in [2.05, 4.69) is 6.92 Å². The predicted octanol–water partition coefficient (Wildman–Crippen LogP) is 1.94. The Morgan fingerprint density at radius 1 is 1.50 bits per heavy atom. The summed E-state index contributed by atoms with van der Waals surface area (Å²) in [7, 11) is 0. The minimum absolute atomic E-state index is 0.367. The van der Waals surface area contributed by atoms with Crippen LogP contribution in [-0.2, 0) is 9.59 Å². The van der Waals surface area contributed by atoms with E-state index in [4.69, 9.17) is 0 Å². The van der Waals surface area contributed by atoms with Crippen LogP contribution >= 0.6 is 0 Å². The van der Waals surface area contributed by atoms with E-state index in [-0.39, 0.29) is 0 Å². The van der Waals surface area contributed by atoms with Crippen LogP contribution in [0.25, 0.3) is 0 Å². The van der Waals surface area contributed by atoms with Gasteiger partial charge in [-0.2, -0.15) is 0 Å². The first-order valence-corrected chi connectivity index (χ1v) is 4.14. The van der Waals surface area contributed by atoms with Crippen molar-refractivity contribution in [3.05, 3.63) is 18.2 Å². The van der Waals surface area contributed by atoms with Gasteiger partial charge < -0.3 is 4.79 Å². The monoisotopic (exact) mass is 166 g/mol. The molecule has 0 aromatic heterocycles. The van der Waals surface area contributed by atoms with Crippen LogP contribution < -0.4 is 0 Å². The van der Waals surface area contributed by atoms with Crippen molar-refractivity contribution in [2.45, 2.75) is 26.2 Å². The van der Waals surface area contributed by atoms with Crippen LogP contribution in [0.1, 0.15) is 26.2 Å². The molecule has 66 valence electrons. The van der Waals surface area contributed by atoms with Crippen molar-refractivity contribution in [1.82, 2.24) is 0 Å². The van der Waals surface area contributed by atoms with Crippen LogP contribution in [0, 0.1) is 5.92 Å². The van der Waals surface area contributed by atoms with Crippen molar-refractivity contribution in [1.29, 1.82) is 0 Å². The van der Waals surface area contributed by atoms with Crippen LogP contribution in [0.2, 0.25) is 0 Å². The van der Waals surface area contributed by atoms with Crippen LogP contribution in [0.15, 0.2) is 18.2 Å². The molecule has 12 heavy (non-hydrogen) atoms. The number of allylic oxidation sites excluding steroid dienone is 3. The number of hydrogen-bond acceptors (Lipinski definition) is 2. The molecule has 2 nitrogen and oxygen atoms in total. The van der Waals surface area contributed by atoms with Gasteiger partial charge in [-0.1, -0.05) is 19.1 Å². The van der Waals surface area contributed by atoms with Crippen molar-refractivity contribution >= 4 is 12.2 Å². The second-order valence-corrected chi connectivity index (χ2v) is 2.56. The molecule has 1 unspecified atom stereocenters. The summed E-state index contributed by atoms with van der Waals surface area (Å²) in [6, 6.07) is 0. The highest BCUT2D eigenvalue weighted by molar-refractivity contribution is 5.51. The summed E-state index contributed by atoms with van der Waals surface area (Å²) in [5.74, 6) is 2.11. The van der Waals surface area contributed by atoms with Crippen molar-refractivity contribution in [3.8, 4) is 0 Å². The van der Waals surface area contributed by atoms with Gasteiger partial charge in [-0.15, -0.1) is 0 Å². The fourth-order valence-electron chi connectivity index (χ4n) is 0.907. The smallest absolute Gasteiger partial charge is 0.123 e. The molecule has 0 fully saturated rings. The molecule has 0 saturated heterocycles. The standard InChI is InChI=1S/C10H14O2/c1-2-10(7-5-9-12)6-3-4-8-11/h3,5-6,8,10H,2,4,7H2,1H3/b6-3+. The second-order valence-electron chi connectivity index (χ2n) is 2.56. The molecule has 0 saturated carbocycles. The molecule has 0 bridgehead atoms. The molecule has 0 amide bonds. The maximum Gasteiger partial charge on any atom is 0.123 e. The van der Waals surface area contributed by atoms with E-state index in [1.807, 2.05) is 12.2 Å². The highest BCUT2D eigenvalue weighted by Crippen LogP contribution is 2.09. The van der Waals surface area contributed by atoms with E-state index in [9.17, 15) is 9.59 Å². The second kappa shape index (κ2) is 7.96. The Bertz CT molecular complexity index is 188. The van der Waals surface area contributed by atoms with Crippen LogP contribution in [-0.4, -0.2) is 12.2 Å². The summed E-state index contributed by atoms with van der Waals surface area (Å²) in [6.07, 6.45) is 8.31. The van der Waals surface area contributed by atoms with Gasteiger partial charge in [0.05, 0.1) is 0 Å². The molecule has 0 rings (SSSR count). The molecule has 1 atom stereocenters. The van der Waals surface area contributed by atoms with Gasteiger partial charge in [0.2, 0.25) is 0 Å². The van der Waals surface area contributed by atoms with Crippen LogP contribution in [0.4, 0.5) is 0 Å². The molecule has 0 aliphatic rings. The quantitative estimate of drug-likeness (QED) is 0.343. The Morgan fingerprint density at radius 2 is 2.25 bits per heavy atom. The van der Waals surface area contributed by atoms with Gasteiger partial charge in [0, 0.05) is 12.5 Å². The first kappa shape index (κ1) is 10.9. The third-order valence-corrected chi connectivity index (χ3v) is 1.67. The molecule has 0 aliphatic heterocycles. The fourth-order valence-corrected chi connectivity index (χ4v) is 0.907. The average Bonchev–Trinajstić information content (AvgIpc) is 2.11. The zero-order valence-electron chi connectivity index (χ0n) is 7.32. The topological polar surface area (TPSA) is 34.1 Å². The number of rotatable bonds is 6. The summed E-state index contributed by atoms with van der Waals surface area (Å²) in [6.45, 7) is 2.05. The SMILES string of the molecule is CCC(/C=C/CC=O)CC=C=O. The largest absolute Gasteiger partial charge is 0.303 e. The maximum absolute atomic E-state index is 9.97. The lowest BCUT2D eigenvalue weighted by Gasteiger charge is -2.03. The van der Waals surface area contributed by atoms with Gasteiger partial charge in [0.25, 0.3) is 0 Å². The first-order chi connectivity index (χ1) is 5.85. The predicted molar refractivity (Wildman–Crippen MR) is 48.5 cm³/mol. The number of aldehydes is 1. The van der Waals surface area contributed by atoms with Gasteiger partial charge >= 0.3 is 0 Å². The lowest BCUT2D eigenvalue weighted by Crippen LogP contribution is -1.91. The Kier molecular flexibility index (Phi) is 7.21. The van der Waals surface area contributed by atoms with Gasteiger partial charge in [-0.3, -0.25) is 0 Å². The fraction of sp³-hybridized carbons (Fsp3) is 0.500. The third kappa shape index (κ3) is 5.63. The highest BCUT2D eigenvalue weighted by atomic mass is 16.1. The summed E-state index contributed by atoms with van der Waals surface area (Å²) < 4.78 is 0.